The Kier molecular flexibility index (Phi) is 4.70. The largest absolute Gasteiger partial charge is 0.394 e. The second-order valence-electron chi connectivity index (χ2n) is 6.03. The molecule has 0 radical (unpaired) electrons. The van der Waals surface area contributed by atoms with Gasteiger partial charge in [-0.15, -0.1) is 18.3 Å². The third-order valence-electron chi connectivity index (χ3n) is 4.46. The third kappa shape index (κ3) is 2.75. The van der Waals surface area contributed by atoms with Crippen LogP contribution in [-0.4, -0.2) is 70.5 Å². The number of aliphatic hydroxyl groups is 3. The van der Waals surface area contributed by atoms with Crippen LogP contribution in [0, 0.1) is 0 Å². The van der Waals surface area contributed by atoms with Crippen LogP contribution in [0.1, 0.15) is 6.23 Å². The molecule has 0 bridgehead atoms. The quantitative estimate of drug-likeness (QED) is 0.263. The van der Waals surface area contributed by atoms with E-state index in [4.69, 9.17) is 10.5 Å². The van der Waals surface area contributed by atoms with Crippen molar-refractivity contribution in [3.05, 3.63) is 25.3 Å². The smallest absolute Gasteiger partial charge is 0.166 e. The Morgan fingerprint density at radius 1 is 1.15 bits per heavy atom. The molecule has 27 heavy (non-hydrogen) atoms. The summed E-state index contributed by atoms with van der Waals surface area (Å²) < 4.78 is 7.25. The minimum atomic E-state index is -1.28. The molecule has 0 aromatic carbocycles. The van der Waals surface area contributed by atoms with Crippen LogP contribution in [0.5, 0.6) is 0 Å². The summed E-state index contributed by atoms with van der Waals surface area (Å²) in [5, 5.41) is 31.9. The van der Waals surface area contributed by atoms with E-state index in [2.05, 4.69) is 26.5 Å². The van der Waals surface area contributed by atoms with Gasteiger partial charge < -0.3 is 25.8 Å². The van der Waals surface area contributed by atoms with Crippen molar-refractivity contribution >= 4 is 39.6 Å². The van der Waals surface area contributed by atoms with Crippen LogP contribution in [0.3, 0.4) is 0 Å². The molecule has 0 amide bonds. The summed E-state index contributed by atoms with van der Waals surface area (Å²) in [4.78, 5) is 17.0. The molecule has 1 aliphatic rings. The Bertz CT molecular complexity index is 1010. The molecule has 0 spiro atoms. The van der Waals surface area contributed by atoms with Crippen LogP contribution >= 0.6 is 11.8 Å². The molecule has 1 aliphatic heterocycles. The number of hydrogen-bond acceptors (Lipinski definition) is 10. The molecular weight excluding hydrogens is 372 g/mol. The van der Waals surface area contributed by atoms with Crippen LogP contribution in [0.4, 0.5) is 5.82 Å². The van der Waals surface area contributed by atoms with E-state index in [0.29, 0.717) is 32.8 Å². The van der Waals surface area contributed by atoms with Gasteiger partial charge in [0.1, 0.15) is 53.1 Å². The highest BCUT2D eigenvalue weighted by Crippen LogP contribution is 2.40. The Morgan fingerprint density at radius 2 is 1.85 bits per heavy atom. The molecule has 3 aromatic rings. The molecule has 142 valence electrons. The van der Waals surface area contributed by atoms with Gasteiger partial charge in [-0.05, 0) is 0 Å². The van der Waals surface area contributed by atoms with Crippen molar-refractivity contribution < 1.29 is 20.1 Å². The van der Waals surface area contributed by atoms with E-state index in [-0.39, 0.29) is 5.82 Å². The summed E-state index contributed by atoms with van der Waals surface area (Å²) in [6.45, 7) is 3.28. The molecule has 3 aromatic heterocycles. The summed E-state index contributed by atoms with van der Waals surface area (Å²) in [7, 11) is 0. The molecule has 5 N–H and O–H groups in total. The molecule has 0 saturated carbocycles. The van der Waals surface area contributed by atoms with E-state index in [1.165, 1.54) is 24.4 Å². The van der Waals surface area contributed by atoms with Gasteiger partial charge in [0.05, 0.1) is 17.4 Å². The van der Waals surface area contributed by atoms with E-state index in [1.807, 2.05) is 0 Å². The number of rotatable bonds is 5. The van der Waals surface area contributed by atoms with Gasteiger partial charge in [-0.3, -0.25) is 4.57 Å². The highest BCUT2D eigenvalue weighted by molar-refractivity contribution is 7.99. The molecular formula is C16H18N6O4S. The predicted octanol–water partition coefficient (Wildman–Crippen LogP) is -0.154. The molecule has 0 aliphatic carbocycles. The zero-order valence-electron chi connectivity index (χ0n) is 14.1. The van der Waals surface area contributed by atoms with Crippen molar-refractivity contribution in [3.63, 3.8) is 0 Å². The predicted molar refractivity (Wildman–Crippen MR) is 99.0 cm³/mol. The van der Waals surface area contributed by atoms with E-state index < -0.39 is 31.1 Å². The van der Waals surface area contributed by atoms with Gasteiger partial charge in [0.15, 0.2) is 6.23 Å². The van der Waals surface area contributed by atoms with Gasteiger partial charge in [-0.2, -0.15) is 0 Å². The number of fused-ring (bicyclic) bond motifs is 3. The van der Waals surface area contributed by atoms with Crippen LogP contribution < -0.4 is 5.73 Å². The van der Waals surface area contributed by atoms with Crippen molar-refractivity contribution in [2.45, 2.75) is 29.6 Å². The normalized spacial score (nSPS) is 25.4. The van der Waals surface area contributed by atoms with Crippen molar-refractivity contribution in [1.29, 1.82) is 0 Å². The average molecular weight is 390 g/mol. The Balaban J connectivity index is 2.00. The fraction of sp³-hybridized carbons (Fsp3) is 0.375. The molecule has 1 saturated heterocycles. The van der Waals surface area contributed by atoms with E-state index in [0.717, 1.165) is 0 Å². The Hall–Kier alpha value is -2.31. The van der Waals surface area contributed by atoms with E-state index in [1.54, 1.807) is 10.6 Å². The van der Waals surface area contributed by atoms with Crippen molar-refractivity contribution in [3.8, 4) is 0 Å². The average Bonchev–Trinajstić information content (AvgIpc) is 3.16. The number of nitrogens with zero attached hydrogens (tertiary/aromatic N) is 5. The monoisotopic (exact) mass is 390 g/mol. The lowest BCUT2D eigenvalue weighted by Crippen LogP contribution is -2.33. The molecule has 4 atom stereocenters. The van der Waals surface area contributed by atoms with Crippen LogP contribution in [0.25, 0.3) is 22.1 Å². The SMILES string of the molecule is C=CCSc1ncnc2c1c1c(N)ncnc1n2C1O[C@H](CO)[C@@H](O)[C@H]1O. The first-order valence-electron chi connectivity index (χ1n) is 8.19. The Labute approximate surface area is 157 Å². The van der Waals surface area contributed by atoms with E-state index >= 15 is 0 Å². The van der Waals surface area contributed by atoms with Crippen LogP contribution in [-0.2, 0) is 4.74 Å². The number of aliphatic hydroxyl groups excluding tert-OH is 3. The van der Waals surface area contributed by atoms with Crippen LogP contribution in [0.15, 0.2) is 30.3 Å². The zero-order valence-corrected chi connectivity index (χ0v) is 15.0. The highest BCUT2D eigenvalue weighted by Gasteiger charge is 2.45. The standard InChI is InChI=1S/C16H18N6O4S/c1-2-3-27-15-9-8-12(17)18-5-19-13(8)22(14(9)20-6-21-15)16-11(25)10(24)7(4-23)26-16/h2,5-7,10-11,16,23-25H,1,3-4H2,(H2,17,18,19)/t7-,10-,11-,16?/m1/s1. The van der Waals surface area contributed by atoms with Crippen LogP contribution in [0.2, 0.25) is 0 Å². The van der Waals surface area contributed by atoms with Gasteiger partial charge in [0, 0.05) is 5.75 Å². The summed E-state index contributed by atoms with van der Waals surface area (Å²) in [6, 6.07) is 0. The molecule has 4 heterocycles. The summed E-state index contributed by atoms with van der Waals surface area (Å²) in [5.41, 5.74) is 6.94. The number of ether oxygens (including phenoxy) is 1. The first kappa shape index (κ1) is 18.1. The van der Waals surface area contributed by atoms with Gasteiger partial charge in [-0.1, -0.05) is 6.08 Å². The lowest BCUT2D eigenvalue weighted by atomic mass is 10.1. The molecule has 1 fully saturated rings. The van der Waals surface area contributed by atoms with Gasteiger partial charge in [-0.25, -0.2) is 19.9 Å². The fourth-order valence-electron chi connectivity index (χ4n) is 3.26. The van der Waals surface area contributed by atoms with Gasteiger partial charge in [0.25, 0.3) is 0 Å². The molecule has 4 rings (SSSR count). The summed E-state index contributed by atoms with van der Waals surface area (Å²) in [6.07, 6.45) is 0.00187. The first-order chi connectivity index (χ1) is 13.1. The number of nitrogens with two attached hydrogens (primary N) is 1. The van der Waals surface area contributed by atoms with E-state index in [9.17, 15) is 15.3 Å². The minimum absolute atomic E-state index is 0.241. The highest BCUT2D eigenvalue weighted by atomic mass is 32.2. The second kappa shape index (κ2) is 7.02. The Morgan fingerprint density at radius 3 is 2.52 bits per heavy atom. The number of hydrogen-bond donors (Lipinski definition) is 4. The number of thioether (sulfide) groups is 1. The molecule has 10 nitrogen and oxygen atoms in total. The maximum atomic E-state index is 10.5. The van der Waals surface area contributed by atoms with Crippen molar-refractivity contribution in [1.82, 2.24) is 24.5 Å². The van der Waals surface area contributed by atoms with Crippen molar-refractivity contribution in [2.75, 3.05) is 18.1 Å². The first-order valence-corrected chi connectivity index (χ1v) is 9.18. The second-order valence-corrected chi connectivity index (χ2v) is 7.04. The number of anilines is 1. The molecule has 1 unspecified atom stereocenters. The summed E-state index contributed by atoms with van der Waals surface area (Å²) in [5.74, 6) is 0.867. The fourth-order valence-corrected chi connectivity index (χ4v) is 3.99. The van der Waals surface area contributed by atoms with Gasteiger partial charge >= 0.3 is 0 Å². The van der Waals surface area contributed by atoms with Gasteiger partial charge in [0.2, 0.25) is 0 Å². The lowest BCUT2D eigenvalue weighted by molar-refractivity contribution is -0.0492. The number of aromatic nitrogens is 5. The molecule has 11 heteroatoms. The number of nitrogen functional groups attached to an aromatic ring is 1. The lowest BCUT2D eigenvalue weighted by Gasteiger charge is -2.18. The topological polar surface area (TPSA) is 152 Å². The maximum Gasteiger partial charge on any atom is 0.166 e. The van der Waals surface area contributed by atoms with Crippen molar-refractivity contribution in [2.24, 2.45) is 0 Å². The minimum Gasteiger partial charge on any atom is -0.394 e. The third-order valence-corrected chi connectivity index (χ3v) is 5.45. The summed E-state index contributed by atoms with van der Waals surface area (Å²) >= 11 is 1.45. The maximum absolute atomic E-state index is 10.5. The zero-order chi connectivity index (χ0) is 19.1.